The van der Waals surface area contributed by atoms with Gasteiger partial charge in [-0.2, -0.15) is 0 Å². The molecule has 0 saturated carbocycles. The Hall–Kier alpha value is -1.18. The van der Waals surface area contributed by atoms with Gasteiger partial charge in [-0.15, -0.1) is 0 Å². The van der Waals surface area contributed by atoms with Crippen LogP contribution in [0.25, 0.3) is 0 Å². The largest absolute Gasteiger partial charge is 0.399 e. The number of nitrogens with one attached hydrogen (secondary N) is 1. The lowest BCUT2D eigenvalue weighted by Gasteiger charge is -2.22. The zero-order chi connectivity index (χ0) is 14.7. The highest BCUT2D eigenvalue weighted by atomic mass is 32.2. The van der Waals surface area contributed by atoms with Gasteiger partial charge in [0.2, 0.25) is 10.0 Å². The molecule has 0 saturated heterocycles. The minimum atomic E-state index is -3.89. The second-order valence-corrected chi connectivity index (χ2v) is 6.56. The number of halogens is 1. The van der Waals surface area contributed by atoms with Crippen LogP contribution in [0.3, 0.4) is 0 Å². The average Bonchev–Trinajstić information content (AvgIpc) is 2.25. The smallest absolute Gasteiger partial charge is 0.240 e. The number of hydrogen-bond acceptors (Lipinski definition) is 4. The number of nitrogens with two attached hydrogens (primary N) is 1. The Morgan fingerprint density at radius 3 is 2.58 bits per heavy atom. The Labute approximate surface area is 112 Å². The molecule has 1 atom stereocenters. The van der Waals surface area contributed by atoms with E-state index in [1.165, 1.54) is 6.07 Å². The van der Waals surface area contributed by atoms with Gasteiger partial charge in [-0.1, -0.05) is 13.3 Å². The molecule has 0 aliphatic heterocycles. The highest BCUT2D eigenvalue weighted by Gasteiger charge is 2.23. The van der Waals surface area contributed by atoms with E-state index >= 15 is 0 Å². The molecule has 0 bridgehead atoms. The van der Waals surface area contributed by atoms with E-state index in [-0.39, 0.29) is 17.1 Å². The SMILES string of the molecule is CCCC(C)(O)CNS(=O)(=O)c1cc(N)cc(F)c1. The van der Waals surface area contributed by atoms with Crippen molar-refractivity contribution in [2.24, 2.45) is 0 Å². The van der Waals surface area contributed by atoms with Crippen molar-refractivity contribution in [2.45, 2.75) is 37.2 Å². The van der Waals surface area contributed by atoms with Gasteiger partial charge in [-0.25, -0.2) is 17.5 Å². The normalized spacial score (nSPS) is 15.2. The molecule has 0 aliphatic rings. The zero-order valence-electron chi connectivity index (χ0n) is 11.0. The van der Waals surface area contributed by atoms with Gasteiger partial charge in [0.1, 0.15) is 5.82 Å². The Morgan fingerprint density at radius 1 is 1.42 bits per heavy atom. The third kappa shape index (κ3) is 4.77. The fourth-order valence-electron chi connectivity index (χ4n) is 1.70. The van der Waals surface area contributed by atoms with Crippen LogP contribution in [-0.4, -0.2) is 25.7 Å². The van der Waals surface area contributed by atoms with Crippen LogP contribution < -0.4 is 10.5 Å². The molecule has 4 N–H and O–H groups in total. The van der Waals surface area contributed by atoms with Crippen molar-refractivity contribution < 1.29 is 17.9 Å². The molecule has 1 unspecified atom stereocenters. The Kier molecular flexibility index (Phi) is 4.89. The van der Waals surface area contributed by atoms with E-state index in [9.17, 15) is 17.9 Å². The zero-order valence-corrected chi connectivity index (χ0v) is 11.8. The van der Waals surface area contributed by atoms with E-state index in [4.69, 9.17) is 5.73 Å². The molecule has 1 aromatic rings. The van der Waals surface area contributed by atoms with E-state index in [0.717, 1.165) is 18.6 Å². The lowest BCUT2D eigenvalue weighted by atomic mass is 10.0. The Morgan fingerprint density at radius 2 is 2.05 bits per heavy atom. The number of hydrogen-bond donors (Lipinski definition) is 3. The molecule has 19 heavy (non-hydrogen) atoms. The van der Waals surface area contributed by atoms with E-state index in [1.54, 1.807) is 6.92 Å². The fourth-order valence-corrected chi connectivity index (χ4v) is 2.93. The second-order valence-electron chi connectivity index (χ2n) is 4.79. The van der Waals surface area contributed by atoms with Crippen molar-refractivity contribution in [3.05, 3.63) is 24.0 Å². The van der Waals surface area contributed by atoms with Crippen LogP contribution >= 0.6 is 0 Å². The number of benzene rings is 1. The van der Waals surface area contributed by atoms with E-state index in [1.807, 2.05) is 6.92 Å². The predicted octanol–water partition coefficient (Wildman–Crippen LogP) is 1.24. The number of anilines is 1. The molecule has 0 aliphatic carbocycles. The summed E-state index contributed by atoms with van der Waals surface area (Å²) >= 11 is 0. The van der Waals surface area contributed by atoms with Gasteiger partial charge in [0.05, 0.1) is 10.5 Å². The van der Waals surface area contributed by atoms with E-state index in [0.29, 0.717) is 6.42 Å². The maximum absolute atomic E-state index is 13.1. The Bertz CT molecular complexity index is 524. The molecule has 0 amide bonds. The van der Waals surface area contributed by atoms with Crippen LogP contribution in [-0.2, 0) is 10.0 Å². The second kappa shape index (κ2) is 5.85. The van der Waals surface area contributed by atoms with E-state index < -0.39 is 21.4 Å². The minimum Gasteiger partial charge on any atom is -0.399 e. The molecule has 0 radical (unpaired) electrons. The van der Waals surface area contributed by atoms with Crippen LogP contribution in [0.5, 0.6) is 0 Å². The molecule has 0 aromatic heterocycles. The topological polar surface area (TPSA) is 92.4 Å². The maximum Gasteiger partial charge on any atom is 0.240 e. The van der Waals surface area contributed by atoms with Crippen LogP contribution in [0.4, 0.5) is 10.1 Å². The predicted molar refractivity (Wildman–Crippen MR) is 71.5 cm³/mol. The fraction of sp³-hybridized carbons (Fsp3) is 0.500. The molecule has 1 rings (SSSR count). The van der Waals surface area contributed by atoms with Crippen LogP contribution in [0, 0.1) is 5.82 Å². The molecule has 1 aromatic carbocycles. The van der Waals surface area contributed by atoms with Gasteiger partial charge in [0, 0.05) is 12.2 Å². The summed E-state index contributed by atoms with van der Waals surface area (Å²) in [7, 11) is -3.89. The van der Waals surface area contributed by atoms with Crippen LogP contribution in [0.1, 0.15) is 26.7 Å². The van der Waals surface area contributed by atoms with E-state index in [2.05, 4.69) is 4.72 Å². The number of rotatable bonds is 6. The lowest BCUT2D eigenvalue weighted by Crippen LogP contribution is -2.40. The first-order valence-electron chi connectivity index (χ1n) is 5.94. The molecule has 7 heteroatoms. The molecule has 0 heterocycles. The van der Waals surface area contributed by atoms with Crippen LogP contribution in [0.2, 0.25) is 0 Å². The van der Waals surface area contributed by atoms with Gasteiger partial charge in [-0.05, 0) is 31.5 Å². The monoisotopic (exact) mass is 290 g/mol. The summed E-state index contributed by atoms with van der Waals surface area (Å²) in [5.41, 5.74) is 4.29. The quantitative estimate of drug-likeness (QED) is 0.687. The molecular formula is C12H19FN2O3S. The molecule has 0 fully saturated rings. The van der Waals surface area contributed by atoms with Crippen molar-refractivity contribution in [1.82, 2.24) is 4.72 Å². The number of nitrogen functional groups attached to an aromatic ring is 1. The molecule has 0 spiro atoms. The molecular weight excluding hydrogens is 271 g/mol. The summed E-state index contributed by atoms with van der Waals surface area (Å²) < 4.78 is 39.3. The van der Waals surface area contributed by atoms with Gasteiger partial charge in [0.25, 0.3) is 0 Å². The minimum absolute atomic E-state index is 0.0284. The maximum atomic E-state index is 13.1. The number of aliphatic hydroxyl groups is 1. The summed E-state index contributed by atoms with van der Waals surface area (Å²) in [6.45, 7) is 3.29. The third-order valence-corrected chi connectivity index (χ3v) is 4.02. The molecule has 5 nitrogen and oxygen atoms in total. The van der Waals surface area contributed by atoms with Crippen molar-refractivity contribution in [3.8, 4) is 0 Å². The van der Waals surface area contributed by atoms with Gasteiger partial charge in [-0.3, -0.25) is 0 Å². The van der Waals surface area contributed by atoms with Gasteiger partial charge < -0.3 is 10.8 Å². The lowest BCUT2D eigenvalue weighted by molar-refractivity contribution is 0.0554. The Balaban J connectivity index is 2.87. The summed E-state index contributed by atoms with van der Waals surface area (Å²) in [4.78, 5) is -0.253. The first kappa shape index (κ1) is 15.9. The van der Waals surface area contributed by atoms with Crippen molar-refractivity contribution in [1.29, 1.82) is 0 Å². The first-order chi connectivity index (χ1) is 8.66. The van der Waals surface area contributed by atoms with Crippen molar-refractivity contribution in [3.63, 3.8) is 0 Å². The number of sulfonamides is 1. The van der Waals surface area contributed by atoms with Crippen molar-refractivity contribution in [2.75, 3.05) is 12.3 Å². The highest BCUT2D eigenvalue weighted by molar-refractivity contribution is 7.89. The van der Waals surface area contributed by atoms with Gasteiger partial charge in [0.15, 0.2) is 0 Å². The summed E-state index contributed by atoms with van der Waals surface area (Å²) in [6, 6.07) is 3.08. The summed E-state index contributed by atoms with van der Waals surface area (Å²) in [6.07, 6.45) is 1.18. The highest BCUT2D eigenvalue weighted by Crippen LogP contribution is 2.17. The summed E-state index contributed by atoms with van der Waals surface area (Å²) in [5.74, 6) is -0.722. The standard InChI is InChI=1S/C12H19FN2O3S/c1-3-4-12(2,16)8-15-19(17,18)11-6-9(13)5-10(14)7-11/h5-7,15-16H,3-4,8,14H2,1-2H3. The van der Waals surface area contributed by atoms with Crippen LogP contribution in [0.15, 0.2) is 23.1 Å². The summed E-state index contributed by atoms with van der Waals surface area (Å²) in [5, 5.41) is 9.91. The molecule has 108 valence electrons. The first-order valence-corrected chi connectivity index (χ1v) is 7.43. The average molecular weight is 290 g/mol. The van der Waals surface area contributed by atoms with Gasteiger partial charge >= 0.3 is 0 Å². The third-order valence-electron chi connectivity index (χ3n) is 2.64. The van der Waals surface area contributed by atoms with Crippen molar-refractivity contribution >= 4 is 15.7 Å².